The number of nitrogens with zero attached hydrogens (tertiary/aromatic N) is 1. The minimum atomic E-state index is -0.256. The van der Waals surface area contributed by atoms with Crippen LogP contribution in [0.3, 0.4) is 0 Å². The highest BCUT2D eigenvalue weighted by Crippen LogP contribution is 2.22. The molecule has 0 aromatic carbocycles. The maximum atomic E-state index is 11.8. The second-order valence-electron chi connectivity index (χ2n) is 4.70. The highest BCUT2D eigenvalue weighted by atomic mass is 16.5. The number of carbonyl (C=O) groups is 3. The van der Waals surface area contributed by atoms with Crippen LogP contribution in [0.25, 0.3) is 0 Å². The third-order valence-electron chi connectivity index (χ3n) is 3.00. The second kappa shape index (κ2) is 7.07. The van der Waals surface area contributed by atoms with E-state index >= 15 is 0 Å². The molecule has 1 heterocycles. The molecule has 0 bridgehead atoms. The van der Waals surface area contributed by atoms with Crippen molar-refractivity contribution in [2.24, 2.45) is 0 Å². The molecule has 1 saturated heterocycles. The molecule has 2 amide bonds. The number of carbonyl (C=O) groups excluding carboxylic acids is 3. The van der Waals surface area contributed by atoms with E-state index in [1.54, 1.807) is 6.92 Å². The van der Waals surface area contributed by atoms with Crippen molar-refractivity contribution in [2.45, 2.75) is 46.5 Å². The van der Waals surface area contributed by atoms with Crippen LogP contribution in [0, 0.1) is 0 Å². The number of hydrogen-bond donors (Lipinski definition) is 0. The minimum absolute atomic E-state index is 0.132. The van der Waals surface area contributed by atoms with E-state index in [0.29, 0.717) is 25.0 Å². The Morgan fingerprint density at radius 3 is 2.37 bits per heavy atom. The summed E-state index contributed by atoms with van der Waals surface area (Å²) in [4.78, 5) is 35.8. The molecule has 1 aliphatic heterocycles. The van der Waals surface area contributed by atoms with E-state index in [-0.39, 0.29) is 24.4 Å². The van der Waals surface area contributed by atoms with Gasteiger partial charge in [-0.25, -0.2) is 0 Å². The Balaban J connectivity index is 2.48. The van der Waals surface area contributed by atoms with Gasteiger partial charge in [-0.3, -0.25) is 19.3 Å². The summed E-state index contributed by atoms with van der Waals surface area (Å²) in [6.07, 6.45) is 2.25. The summed E-state index contributed by atoms with van der Waals surface area (Å²) >= 11 is 0. The van der Waals surface area contributed by atoms with Gasteiger partial charge >= 0.3 is 5.97 Å². The first-order valence-electron chi connectivity index (χ1n) is 6.70. The van der Waals surface area contributed by atoms with Crippen LogP contribution < -0.4 is 0 Å². The Hall–Kier alpha value is -1.65. The molecule has 0 saturated carbocycles. The Morgan fingerprint density at radius 2 is 1.84 bits per heavy atom. The Kier molecular flexibility index (Phi) is 5.73. The van der Waals surface area contributed by atoms with E-state index in [2.05, 4.69) is 0 Å². The lowest BCUT2D eigenvalue weighted by molar-refractivity contribution is -0.148. The van der Waals surface area contributed by atoms with Crippen LogP contribution in [0.2, 0.25) is 0 Å². The van der Waals surface area contributed by atoms with Crippen molar-refractivity contribution in [1.29, 1.82) is 0 Å². The standard InChI is InChI=1S/C14H21NO4/c1-4-6-12(16)15-8-11(14(15)18)10(3)9-19-13(17)7-5-2/h4-9H2,1-3H3/b11-10-. The van der Waals surface area contributed by atoms with Crippen LogP contribution in [-0.4, -0.2) is 35.8 Å². The van der Waals surface area contributed by atoms with E-state index in [1.807, 2.05) is 13.8 Å². The van der Waals surface area contributed by atoms with Crippen molar-refractivity contribution in [3.63, 3.8) is 0 Å². The molecule has 1 aliphatic rings. The summed E-state index contributed by atoms with van der Waals surface area (Å²) in [5.74, 6) is -0.636. The van der Waals surface area contributed by atoms with Gasteiger partial charge in [-0.05, 0) is 25.3 Å². The predicted octanol–water partition coefficient (Wildman–Crippen LogP) is 1.82. The number of β-lactam (4-membered cyclic amide) rings is 1. The summed E-state index contributed by atoms with van der Waals surface area (Å²) in [5.41, 5.74) is 1.32. The van der Waals surface area contributed by atoms with E-state index < -0.39 is 0 Å². The normalized spacial score (nSPS) is 17.0. The third kappa shape index (κ3) is 3.91. The highest BCUT2D eigenvalue weighted by molar-refractivity contribution is 6.11. The first-order chi connectivity index (χ1) is 9.01. The summed E-state index contributed by atoms with van der Waals surface area (Å²) in [6, 6.07) is 0. The summed E-state index contributed by atoms with van der Waals surface area (Å²) in [7, 11) is 0. The van der Waals surface area contributed by atoms with Crippen molar-refractivity contribution in [3.05, 3.63) is 11.1 Å². The van der Waals surface area contributed by atoms with E-state index in [9.17, 15) is 14.4 Å². The van der Waals surface area contributed by atoms with Crippen molar-refractivity contribution < 1.29 is 19.1 Å². The average molecular weight is 267 g/mol. The molecule has 5 heteroatoms. The molecular weight excluding hydrogens is 246 g/mol. The van der Waals surface area contributed by atoms with E-state index in [4.69, 9.17) is 4.74 Å². The molecule has 0 N–H and O–H groups in total. The third-order valence-corrected chi connectivity index (χ3v) is 3.00. The zero-order chi connectivity index (χ0) is 14.4. The molecule has 0 radical (unpaired) electrons. The molecule has 0 aliphatic carbocycles. The fraction of sp³-hybridized carbons (Fsp3) is 0.643. The summed E-state index contributed by atoms with van der Waals surface area (Å²) < 4.78 is 5.04. The molecule has 5 nitrogen and oxygen atoms in total. The van der Waals surface area contributed by atoms with Crippen LogP contribution >= 0.6 is 0 Å². The van der Waals surface area contributed by atoms with Gasteiger partial charge < -0.3 is 4.74 Å². The quantitative estimate of drug-likeness (QED) is 0.418. The van der Waals surface area contributed by atoms with Gasteiger partial charge in [0.1, 0.15) is 6.61 Å². The van der Waals surface area contributed by atoms with Crippen LogP contribution in [0.1, 0.15) is 46.5 Å². The lowest BCUT2D eigenvalue weighted by Gasteiger charge is -2.32. The van der Waals surface area contributed by atoms with Gasteiger partial charge in [0.2, 0.25) is 5.91 Å². The lowest BCUT2D eigenvalue weighted by atomic mass is 10.0. The molecule has 1 rings (SSSR count). The molecule has 0 atom stereocenters. The summed E-state index contributed by atoms with van der Waals surface area (Å²) in [5, 5.41) is 0. The maximum Gasteiger partial charge on any atom is 0.306 e. The number of rotatable bonds is 6. The van der Waals surface area contributed by atoms with Crippen LogP contribution in [0.5, 0.6) is 0 Å². The number of imide groups is 1. The van der Waals surface area contributed by atoms with Gasteiger partial charge in [-0.2, -0.15) is 0 Å². The highest BCUT2D eigenvalue weighted by Gasteiger charge is 2.36. The van der Waals surface area contributed by atoms with Crippen LogP contribution in [-0.2, 0) is 19.1 Å². The fourth-order valence-electron chi connectivity index (χ4n) is 1.79. The van der Waals surface area contributed by atoms with Gasteiger partial charge in [0.15, 0.2) is 0 Å². The summed E-state index contributed by atoms with van der Waals surface area (Å²) in [6.45, 7) is 6.04. The molecule has 0 aromatic rings. The molecular formula is C14H21NO4. The Morgan fingerprint density at radius 1 is 1.21 bits per heavy atom. The number of likely N-dealkylation sites (tertiary alicyclic amines) is 1. The number of amides is 2. The van der Waals surface area contributed by atoms with Gasteiger partial charge in [0.05, 0.1) is 6.54 Å². The second-order valence-corrected chi connectivity index (χ2v) is 4.70. The number of ether oxygens (including phenoxy) is 1. The van der Waals surface area contributed by atoms with Crippen molar-refractivity contribution in [2.75, 3.05) is 13.2 Å². The monoisotopic (exact) mass is 267 g/mol. The molecule has 0 unspecified atom stereocenters. The van der Waals surface area contributed by atoms with Crippen molar-refractivity contribution in [3.8, 4) is 0 Å². The van der Waals surface area contributed by atoms with Crippen molar-refractivity contribution in [1.82, 2.24) is 4.90 Å². The zero-order valence-electron chi connectivity index (χ0n) is 11.8. The molecule has 19 heavy (non-hydrogen) atoms. The predicted molar refractivity (Wildman–Crippen MR) is 70.2 cm³/mol. The van der Waals surface area contributed by atoms with Gasteiger partial charge in [-0.15, -0.1) is 0 Å². The molecule has 0 aromatic heterocycles. The number of esters is 1. The van der Waals surface area contributed by atoms with E-state index in [1.165, 1.54) is 4.90 Å². The first kappa shape index (κ1) is 15.4. The lowest BCUT2D eigenvalue weighted by Crippen LogP contribution is -2.50. The van der Waals surface area contributed by atoms with Crippen LogP contribution in [0.15, 0.2) is 11.1 Å². The molecule has 1 fully saturated rings. The molecule has 106 valence electrons. The van der Waals surface area contributed by atoms with Gasteiger partial charge in [-0.1, -0.05) is 13.8 Å². The van der Waals surface area contributed by atoms with Crippen LogP contribution in [0.4, 0.5) is 0 Å². The molecule has 0 spiro atoms. The van der Waals surface area contributed by atoms with Gasteiger partial charge in [0, 0.05) is 18.4 Å². The topological polar surface area (TPSA) is 63.7 Å². The minimum Gasteiger partial charge on any atom is -0.461 e. The SMILES string of the molecule is CCCC(=O)OC/C(C)=C1/CN(C(=O)CCC)C1=O. The smallest absolute Gasteiger partial charge is 0.306 e. The largest absolute Gasteiger partial charge is 0.461 e. The Bertz CT molecular complexity index is 412. The number of hydrogen-bond acceptors (Lipinski definition) is 4. The van der Waals surface area contributed by atoms with E-state index in [0.717, 1.165) is 18.4 Å². The average Bonchev–Trinajstić information content (AvgIpc) is 2.35. The zero-order valence-corrected chi connectivity index (χ0v) is 11.8. The Labute approximate surface area is 113 Å². The maximum absolute atomic E-state index is 11.8. The fourth-order valence-corrected chi connectivity index (χ4v) is 1.79. The van der Waals surface area contributed by atoms with Crippen molar-refractivity contribution >= 4 is 17.8 Å². The van der Waals surface area contributed by atoms with Gasteiger partial charge in [0.25, 0.3) is 5.91 Å². The first-order valence-corrected chi connectivity index (χ1v) is 6.70.